The molecule has 0 saturated carbocycles. The van der Waals surface area contributed by atoms with Crippen LogP contribution in [0.5, 0.6) is 11.5 Å². The topological polar surface area (TPSA) is 67.2 Å². The summed E-state index contributed by atoms with van der Waals surface area (Å²) in [5.41, 5.74) is 6.79. The minimum absolute atomic E-state index is 0.302. The van der Waals surface area contributed by atoms with Crippen molar-refractivity contribution in [1.82, 2.24) is 5.43 Å². The largest absolute Gasteiger partial charge is 0.573 e. The van der Waals surface area contributed by atoms with Gasteiger partial charge in [-0.25, -0.2) is 0 Å². The molecule has 0 fully saturated rings. The minimum Gasteiger partial charge on any atom is -0.406 e. The van der Waals surface area contributed by atoms with Crippen LogP contribution in [-0.4, -0.2) is 23.4 Å². The highest BCUT2D eigenvalue weighted by atomic mass is 32.1. The Bertz CT molecular complexity index is 1230. The van der Waals surface area contributed by atoms with Crippen molar-refractivity contribution in [2.24, 2.45) is 10.3 Å². The number of hydrazone groups is 1. The molecule has 3 rings (SSSR count). The number of anilines is 1. The number of alkyl halides is 3. The predicted molar refractivity (Wildman–Crippen MR) is 140 cm³/mol. The highest BCUT2D eigenvalue weighted by molar-refractivity contribution is 7.80. The summed E-state index contributed by atoms with van der Waals surface area (Å²) in [4.78, 5) is 5.41. The van der Waals surface area contributed by atoms with Gasteiger partial charge in [0.15, 0.2) is 10.9 Å². The number of ether oxygens (including phenoxy) is 1. The number of hydrogen-bond acceptors (Lipinski definition) is 5. The number of para-hydroxylation sites is 1. The lowest BCUT2D eigenvalue weighted by Gasteiger charge is -2.14. The van der Waals surface area contributed by atoms with Gasteiger partial charge in [0.2, 0.25) is 0 Å². The van der Waals surface area contributed by atoms with Gasteiger partial charge in [0.25, 0.3) is 0 Å². The van der Waals surface area contributed by atoms with E-state index < -0.39 is 6.36 Å². The van der Waals surface area contributed by atoms with Crippen molar-refractivity contribution < 1.29 is 22.7 Å². The van der Waals surface area contributed by atoms with E-state index in [0.29, 0.717) is 28.1 Å². The van der Waals surface area contributed by atoms with Gasteiger partial charge in [0.05, 0.1) is 11.9 Å². The summed E-state index contributed by atoms with van der Waals surface area (Å²) >= 11 is 5.32. The second-order valence-electron chi connectivity index (χ2n) is 7.98. The number of rotatable bonds is 8. The van der Waals surface area contributed by atoms with Crippen LogP contribution in [0.3, 0.4) is 0 Å². The van der Waals surface area contributed by atoms with Crippen LogP contribution in [0.1, 0.15) is 43.4 Å². The average molecular weight is 515 g/mol. The third-order valence-corrected chi connectivity index (χ3v) is 5.08. The molecule has 0 unspecified atom stereocenters. The molecular formula is C26H25F3N4O2S. The van der Waals surface area contributed by atoms with Gasteiger partial charge in [-0.1, -0.05) is 37.2 Å². The monoisotopic (exact) mass is 514 g/mol. The smallest absolute Gasteiger partial charge is 0.406 e. The summed E-state index contributed by atoms with van der Waals surface area (Å²) in [6, 6.07) is 20.3. The van der Waals surface area contributed by atoms with Crippen molar-refractivity contribution in [3.05, 3.63) is 89.5 Å². The maximum Gasteiger partial charge on any atom is 0.573 e. The zero-order chi connectivity index (χ0) is 26.1. The summed E-state index contributed by atoms with van der Waals surface area (Å²) in [5, 5.41) is 11.7. The van der Waals surface area contributed by atoms with E-state index >= 15 is 0 Å². The highest BCUT2D eigenvalue weighted by Gasteiger charge is 2.30. The van der Waals surface area contributed by atoms with Gasteiger partial charge in [-0.3, -0.25) is 5.43 Å². The summed E-state index contributed by atoms with van der Waals surface area (Å²) in [5.74, 6) is 0.537. The van der Waals surface area contributed by atoms with Crippen LogP contribution in [0.25, 0.3) is 0 Å². The number of thiocarbonyl (C=S) groups is 1. The zero-order valence-electron chi connectivity index (χ0n) is 19.8. The lowest BCUT2D eigenvalue weighted by atomic mass is 10.0. The lowest BCUT2D eigenvalue weighted by Crippen LogP contribution is -2.24. The van der Waals surface area contributed by atoms with Crippen molar-refractivity contribution in [2.75, 3.05) is 5.32 Å². The first-order valence-corrected chi connectivity index (χ1v) is 11.4. The van der Waals surface area contributed by atoms with E-state index in [2.05, 4.69) is 45.7 Å². The molecule has 3 aromatic rings. The van der Waals surface area contributed by atoms with E-state index in [4.69, 9.17) is 17.1 Å². The summed E-state index contributed by atoms with van der Waals surface area (Å²) in [6.07, 6.45) is -3.12. The first-order chi connectivity index (χ1) is 17.1. The summed E-state index contributed by atoms with van der Waals surface area (Å²) in [6.45, 7) is 5.91. The molecule has 10 heteroatoms. The van der Waals surface area contributed by atoms with E-state index in [-0.39, 0.29) is 5.75 Å². The molecule has 0 bridgehead atoms. The van der Waals surface area contributed by atoms with Gasteiger partial charge >= 0.3 is 6.36 Å². The number of hydrogen-bond donors (Lipinski definition) is 2. The maximum absolute atomic E-state index is 12.3. The molecule has 0 spiro atoms. The predicted octanol–water partition coefficient (Wildman–Crippen LogP) is 6.83. The molecule has 188 valence electrons. The Kier molecular flexibility index (Phi) is 9.02. The molecule has 0 aliphatic heterocycles. The van der Waals surface area contributed by atoms with Crippen LogP contribution >= 0.6 is 12.2 Å². The van der Waals surface area contributed by atoms with E-state index in [1.54, 1.807) is 37.4 Å². The van der Waals surface area contributed by atoms with Gasteiger partial charge in [-0.15, -0.1) is 13.2 Å². The van der Waals surface area contributed by atoms with E-state index in [9.17, 15) is 13.2 Å². The van der Waals surface area contributed by atoms with Crippen LogP contribution < -0.4 is 20.3 Å². The molecule has 0 heterocycles. The van der Waals surface area contributed by atoms with Crippen molar-refractivity contribution in [3.8, 4) is 11.5 Å². The first-order valence-electron chi connectivity index (χ1n) is 11.0. The fourth-order valence-electron chi connectivity index (χ4n) is 3.12. The number of oxime groups is 1. The van der Waals surface area contributed by atoms with E-state index in [1.807, 2.05) is 18.2 Å². The fourth-order valence-corrected chi connectivity index (χ4v) is 3.28. The third-order valence-electron chi connectivity index (χ3n) is 4.88. The number of nitrogens with zero attached hydrogens (tertiary/aromatic N) is 2. The Morgan fingerprint density at radius 1 is 0.944 bits per heavy atom. The molecular weight excluding hydrogens is 489 g/mol. The molecule has 0 saturated heterocycles. The molecule has 0 aromatic heterocycles. The molecule has 0 aliphatic carbocycles. The Hall–Kier alpha value is -3.92. The second kappa shape index (κ2) is 12.2. The SMILES string of the molecule is C/C(=N\Oc1ccc(/C=N/NC(=S)Nc2ccccc2C(C)C)cc1)c1ccc(OC(F)(F)F)cc1. The van der Waals surface area contributed by atoms with Crippen molar-refractivity contribution in [3.63, 3.8) is 0 Å². The Balaban J connectivity index is 1.51. The normalized spacial score (nSPS) is 12.0. The molecule has 0 radical (unpaired) electrons. The first kappa shape index (κ1) is 26.7. The van der Waals surface area contributed by atoms with Gasteiger partial charge in [0.1, 0.15) is 5.75 Å². The minimum atomic E-state index is -4.73. The van der Waals surface area contributed by atoms with Gasteiger partial charge < -0.3 is 14.9 Å². The quantitative estimate of drug-likeness (QED) is 0.196. The fraction of sp³-hybridized carbons (Fsp3) is 0.192. The van der Waals surface area contributed by atoms with Gasteiger partial charge in [-0.2, -0.15) is 5.10 Å². The lowest BCUT2D eigenvalue weighted by molar-refractivity contribution is -0.274. The molecule has 0 atom stereocenters. The highest BCUT2D eigenvalue weighted by Crippen LogP contribution is 2.24. The molecule has 0 amide bonds. The van der Waals surface area contributed by atoms with E-state index in [1.165, 1.54) is 24.3 Å². The third kappa shape index (κ3) is 8.38. The van der Waals surface area contributed by atoms with Crippen molar-refractivity contribution >= 4 is 34.9 Å². The molecule has 0 aliphatic rings. The van der Waals surface area contributed by atoms with Crippen LogP contribution in [0.15, 0.2) is 83.1 Å². The zero-order valence-corrected chi connectivity index (χ0v) is 20.7. The maximum atomic E-state index is 12.3. The van der Waals surface area contributed by atoms with Gasteiger partial charge in [0, 0.05) is 5.69 Å². The average Bonchev–Trinajstić information content (AvgIpc) is 2.83. The van der Waals surface area contributed by atoms with Crippen LogP contribution in [-0.2, 0) is 0 Å². The van der Waals surface area contributed by atoms with Crippen molar-refractivity contribution in [2.45, 2.75) is 33.1 Å². The number of nitrogens with one attached hydrogen (secondary N) is 2. The molecule has 3 aromatic carbocycles. The Morgan fingerprint density at radius 3 is 2.22 bits per heavy atom. The Morgan fingerprint density at radius 2 is 1.58 bits per heavy atom. The van der Waals surface area contributed by atoms with Crippen LogP contribution in [0.4, 0.5) is 18.9 Å². The molecule has 6 nitrogen and oxygen atoms in total. The summed E-state index contributed by atoms with van der Waals surface area (Å²) in [7, 11) is 0. The van der Waals surface area contributed by atoms with Crippen LogP contribution in [0, 0.1) is 0 Å². The molecule has 2 N–H and O–H groups in total. The Labute approximate surface area is 212 Å². The van der Waals surface area contributed by atoms with Crippen LogP contribution in [0.2, 0.25) is 0 Å². The van der Waals surface area contributed by atoms with Gasteiger partial charge in [-0.05, 0) is 96.3 Å². The number of halogens is 3. The second-order valence-corrected chi connectivity index (χ2v) is 8.38. The number of benzene rings is 3. The summed E-state index contributed by atoms with van der Waals surface area (Å²) < 4.78 is 40.7. The van der Waals surface area contributed by atoms with Crippen molar-refractivity contribution in [1.29, 1.82) is 0 Å². The molecule has 36 heavy (non-hydrogen) atoms. The van der Waals surface area contributed by atoms with E-state index in [0.717, 1.165) is 16.8 Å². The standard InChI is InChI=1S/C26H25F3N4O2S/c1-17(2)23-6-4-5-7-24(23)31-25(36)32-30-16-19-8-12-22(13-9-19)35-33-18(3)20-10-14-21(15-11-20)34-26(27,28)29/h4-17H,1-3H3,(H2,31,32,36)/b30-16+,33-18+.